The average Bonchev–Trinajstić information content (AvgIpc) is 3.16. The Bertz CT molecular complexity index is 1000. The summed E-state index contributed by atoms with van der Waals surface area (Å²) in [6, 6.07) is 5.84. The fraction of sp³-hybridized carbons (Fsp3) is 0.455. The average molecular weight is 445 g/mol. The van der Waals surface area contributed by atoms with Gasteiger partial charge in [0.25, 0.3) is 11.8 Å². The number of halogens is 1. The van der Waals surface area contributed by atoms with Crippen LogP contribution in [-0.4, -0.2) is 76.3 Å². The highest BCUT2D eigenvalue weighted by Gasteiger charge is 2.48. The van der Waals surface area contributed by atoms with Gasteiger partial charge in [0.1, 0.15) is 17.1 Å². The van der Waals surface area contributed by atoms with Crippen molar-refractivity contribution < 1.29 is 18.8 Å². The van der Waals surface area contributed by atoms with E-state index in [9.17, 15) is 18.8 Å². The molecule has 0 aliphatic carbocycles. The van der Waals surface area contributed by atoms with Gasteiger partial charge in [0.05, 0.1) is 12.9 Å². The summed E-state index contributed by atoms with van der Waals surface area (Å²) in [5, 5.41) is 5.61. The third-order valence-electron chi connectivity index (χ3n) is 5.59. The Balaban J connectivity index is 1.78. The fourth-order valence-corrected chi connectivity index (χ4v) is 3.80. The van der Waals surface area contributed by atoms with Crippen LogP contribution in [-0.2, 0) is 17.9 Å². The maximum Gasteiger partial charge on any atom is 0.273 e. The Morgan fingerprint density at radius 3 is 2.53 bits per heavy atom. The normalized spacial score (nSPS) is 17.9. The second-order valence-electron chi connectivity index (χ2n) is 8.26. The van der Waals surface area contributed by atoms with Gasteiger partial charge in [-0.15, -0.1) is 0 Å². The molecule has 1 atom stereocenters. The molecular formula is C22H29FN6O3. The number of imidazole rings is 1. The molecule has 1 aromatic carbocycles. The molecular weight excluding hydrogens is 415 g/mol. The Labute approximate surface area is 186 Å². The Hall–Kier alpha value is -3.27. The Morgan fingerprint density at radius 1 is 1.22 bits per heavy atom. The Morgan fingerprint density at radius 2 is 1.91 bits per heavy atom. The molecule has 172 valence electrons. The smallest absolute Gasteiger partial charge is 0.273 e. The van der Waals surface area contributed by atoms with Crippen LogP contribution in [0.5, 0.6) is 0 Å². The zero-order valence-corrected chi connectivity index (χ0v) is 18.8. The van der Waals surface area contributed by atoms with Crippen LogP contribution in [0.15, 0.2) is 30.6 Å². The van der Waals surface area contributed by atoms with Gasteiger partial charge >= 0.3 is 0 Å². The van der Waals surface area contributed by atoms with Crippen molar-refractivity contribution >= 4 is 17.7 Å². The topological polar surface area (TPSA) is 99.6 Å². The molecule has 3 rings (SSSR count). The zero-order chi connectivity index (χ0) is 23.5. The van der Waals surface area contributed by atoms with Crippen LogP contribution >= 0.6 is 0 Å². The quantitative estimate of drug-likeness (QED) is 0.629. The summed E-state index contributed by atoms with van der Waals surface area (Å²) in [6.07, 6.45) is 1.42. The van der Waals surface area contributed by atoms with Crippen LogP contribution in [0.2, 0.25) is 0 Å². The van der Waals surface area contributed by atoms with Crippen molar-refractivity contribution in [2.24, 2.45) is 0 Å². The molecule has 1 aromatic heterocycles. The first kappa shape index (κ1) is 23.4. The molecule has 0 bridgehead atoms. The molecule has 0 fully saturated rings. The maximum absolute atomic E-state index is 13.3. The molecule has 2 heterocycles. The number of carbonyl (C=O) groups excluding carboxylic acids is 3. The molecule has 1 unspecified atom stereocenters. The first-order valence-corrected chi connectivity index (χ1v) is 10.5. The lowest BCUT2D eigenvalue weighted by molar-refractivity contribution is -0.132. The predicted molar refractivity (Wildman–Crippen MR) is 116 cm³/mol. The van der Waals surface area contributed by atoms with E-state index in [1.54, 1.807) is 30.5 Å². The van der Waals surface area contributed by atoms with Crippen LogP contribution in [0, 0.1) is 5.82 Å². The summed E-state index contributed by atoms with van der Waals surface area (Å²) >= 11 is 0. The van der Waals surface area contributed by atoms with E-state index in [4.69, 9.17) is 0 Å². The van der Waals surface area contributed by atoms with Crippen LogP contribution in [0.1, 0.15) is 40.4 Å². The van der Waals surface area contributed by atoms with E-state index in [1.165, 1.54) is 23.4 Å². The maximum atomic E-state index is 13.3. The number of benzene rings is 1. The Kier molecular flexibility index (Phi) is 6.93. The van der Waals surface area contributed by atoms with Gasteiger partial charge in [-0.3, -0.25) is 14.4 Å². The molecule has 0 radical (unpaired) electrons. The minimum absolute atomic E-state index is 0.0565. The second-order valence-corrected chi connectivity index (χ2v) is 8.26. The molecule has 0 saturated carbocycles. The summed E-state index contributed by atoms with van der Waals surface area (Å²) in [6.45, 7) is 5.20. The number of fused-ring (bicyclic) bond motifs is 1. The molecule has 0 saturated heterocycles. The monoisotopic (exact) mass is 444 g/mol. The van der Waals surface area contributed by atoms with Crippen molar-refractivity contribution in [2.45, 2.75) is 32.5 Å². The third kappa shape index (κ3) is 4.64. The lowest BCUT2D eigenvalue weighted by Gasteiger charge is -2.43. The van der Waals surface area contributed by atoms with E-state index in [0.29, 0.717) is 13.1 Å². The van der Waals surface area contributed by atoms with Gasteiger partial charge in [-0.25, -0.2) is 9.37 Å². The largest absolute Gasteiger partial charge is 0.350 e. The van der Waals surface area contributed by atoms with Gasteiger partial charge in [0.2, 0.25) is 5.91 Å². The highest BCUT2D eigenvalue weighted by atomic mass is 19.1. The zero-order valence-electron chi connectivity index (χ0n) is 18.8. The van der Waals surface area contributed by atoms with Gasteiger partial charge < -0.3 is 25.0 Å². The number of carbonyl (C=O) groups is 3. The number of hydrogen-bond acceptors (Lipinski definition) is 5. The molecule has 2 aromatic rings. The lowest BCUT2D eigenvalue weighted by Crippen LogP contribution is -2.63. The SMILES string of the molecule is CCN1C(=O)c2c(C(=O)NCCN(C)C)ncn2CC1(C)C(=O)NCc1ccc(F)cc1. The first-order chi connectivity index (χ1) is 15.2. The molecule has 0 spiro atoms. The number of rotatable bonds is 8. The van der Waals surface area contributed by atoms with Gasteiger partial charge in [0, 0.05) is 26.2 Å². The van der Waals surface area contributed by atoms with Crippen LogP contribution < -0.4 is 10.6 Å². The summed E-state index contributed by atoms with van der Waals surface area (Å²) in [5.74, 6) is -1.53. The predicted octanol–water partition coefficient (Wildman–Crippen LogP) is 0.864. The summed E-state index contributed by atoms with van der Waals surface area (Å²) in [7, 11) is 3.80. The van der Waals surface area contributed by atoms with E-state index in [2.05, 4.69) is 15.6 Å². The van der Waals surface area contributed by atoms with Crippen LogP contribution in [0.25, 0.3) is 0 Å². The van der Waals surface area contributed by atoms with E-state index >= 15 is 0 Å². The molecule has 10 heteroatoms. The number of amides is 3. The molecule has 3 amide bonds. The first-order valence-electron chi connectivity index (χ1n) is 10.5. The van der Waals surface area contributed by atoms with E-state index < -0.39 is 17.4 Å². The number of likely N-dealkylation sites (N-methyl/N-ethyl adjacent to an activating group) is 2. The van der Waals surface area contributed by atoms with Crippen molar-refractivity contribution in [3.8, 4) is 0 Å². The summed E-state index contributed by atoms with van der Waals surface area (Å²) < 4.78 is 14.7. The third-order valence-corrected chi connectivity index (χ3v) is 5.59. The molecule has 32 heavy (non-hydrogen) atoms. The minimum atomic E-state index is -1.17. The van der Waals surface area contributed by atoms with E-state index in [0.717, 1.165) is 5.56 Å². The fourth-order valence-electron chi connectivity index (χ4n) is 3.80. The lowest BCUT2D eigenvalue weighted by atomic mass is 9.94. The molecule has 1 aliphatic rings. The van der Waals surface area contributed by atoms with Gasteiger partial charge in [0.15, 0.2) is 5.69 Å². The highest BCUT2D eigenvalue weighted by molar-refractivity contribution is 6.07. The van der Waals surface area contributed by atoms with Crippen molar-refractivity contribution in [3.05, 3.63) is 53.4 Å². The highest BCUT2D eigenvalue weighted by Crippen LogP contribution is 2.28. The number of hydrogen-bond donors (Lipinski definition) is 2. The van der Waals surface area contributed by atoms with Crippen molar-refractivity contribution in [1.29, 1.82) is 0 Å². The second kappa shape index (κ2) is 9.47. The van der Waals surface area contributed by atoms with Crippen molar-refractivity contribution in [3.63, 3.8) is 0 Å². The van der Waals surface area contributed by atoms with Gasteiger partial charge in [-0.05, 0) is 45.6 Å². The van der Waals surface area contributed by atoms with Gasteiger partial charge in [-0.1, -0.05) is 12.1 Å². The molecule has 1 aliphatic heterocycles. The number of aromatic nitrogens is 2. The number of nitrogens with zero attached hydrogens (tertiary/aromatic N) is 4. The van der Waals surface area contributed by atoms with Crippen molar-refractivity contribution in [1.82, 2.24) is 30.0 Å². The number of nitrogens with one attached hydrogen (secondary N) is 2. The summed E-state index contributed by atoms with van der Waals surface area (Å²) in [5.41, 5.74) is -0.189. The molecule has 9 nitrogen and oxygen atoms in total. The van der Waals surface area contributed by atoms with E-state index in [-0.39, 0.29) is 42.7 Å². The van der Waals surface area contributed by atoms with E-state index in [1.807, 2.05) is 19.0 Å². The summed E-state index contributed by atoms with van der Waals surface area (Å²) in [4.78, 5) is 46.6. The minimum Gasteiger partial charge on any atom is -0.350 e. The van der Waals surface area contributed by atoms with Gasteiger partial charge in [-0.2, -0.15) is 0 Å². The standard InChI is InChI=1S/C22H29FN6O3/c1-5-29-20(31)18-17(19(30)24-10-11-27(3)4)26-14-28(18)13-22(29,2)21(32)25-12-15-6-8-16(23)9-7-15/h6-9,14H,5,10-13H2,1-4H3,(H,24,30)(H,25,32). The van der Waals surface area contributed by atoms with Crippen LogP contribution in [0.3, 0.4) is 0 Å². The van der Waals surface area contributed by atoms with Crippen molar-refractivity contribution in [2.75, 3.05) is 33.7 Å². The molecule has 2 N–H and O–H groups in total. The van der Waals surface area contributed by atoms with Crippen LogP contribution in [0.4, 0.5) is 4.39 Å².